The van der Waals surface area contributed by atoms with Crippen LogP contribution in [0, 0.1) is 6.92 Å². The van der Waals surface area contributed by atoms with Gasteiger partial charge in [0.05, 0.1) is 11.7 Å². The van der Waals surface area contributed by atoms with Gasteiger partial charge in [0.1, 0.15) is 5.75 Å². The number of aryl methyl sites for hydroxylation is 1. The lowest BCUT2D eigenvalue weighted by atomic mass is 10.0. The predicted octanol–water partition coefficient (Wildman–Crippen LogP) is 2.82. The zero-order valence-electron chi connectivity index (χ0n) is 13.1. The molecule has 0 radical (unpaired) electrons. The van der Waals surface area contributed by atoms with Crippen molar-refractivity contribution in [3.05, 3.63) is 59.2 Å². The van der Waals surface area contributed by atoms with Gasteiger partial charge in [-0.05, 0) is 43.2 Å². The van der Waals surface area contributed by atoms with Crippen molar-refractivity contribution >= 4 is 17.5 Å². The molecule has 118 valence electrons. The molecule has 1 unspecified atom stereocenters. The number of fused-ring (bicyclic) bond motifs is 1. The number of anilines is 1. The number of ether oxygens (including phenoxy) is 1. The maximum Gasteiger partial charge on any atom is 0.262 e. The number of carbonyl (C=O) groups is 2. The Morgan fingerprint density at radius 1 is 1.26 bits per heavy atom. The Kier molecular flexibility index (Phi) is 4.02. The fourth-order valence-corrected chi connectivity index (χ4v) is 2.65. The molecule has 23 heavy (non-hydrogen) atoms. The van der Waals surface area contributed by atoms with Gasteiger partial charge in [-0.1, -0.05) is 24.3 Å². The van der Waals surface area contributed by atoms with E-state index in [1.165, 1.54) is 0 Å². The van der Waals surface area contributed by atoms with Gasteiger partial charge in [-0.2, -0.15) is 0 Å². The maximum atomic E-state index is 12.4. The first-order chi connectivity index (χ1) is 11.0. The summed E-state index contributed by atoms with van der Waals surface area (Å²) in [6, 6.07) is 12.9. The van der Waals surface area contributed by atoms with Crippen molar-refractivity contribution in [2.75, 3.05) is 11.9 Å². The van der Waals surface area contributed by atoms with Crippen molar-refractivity contribution in [2.24, 2.45) is 0 Å². The van der Waals surface area contributed by atoms with Crippen LogP contribution < -0.4 is 15.4 Å². The standard InChI is InChI=1S/C18H18N2O3/c1-11-5-3-4-6-14(11)12(2)19-18(22)13-7-8-15-16(9-13)23-10-17(21)20-15/h3-9,12H,10H2,1-2H3,(H,19,22)(H,20,21). The molecule has 5 heteroatoms. The number of amides is 2. The summed E-state index contributed by atoms with van der Waals surface area (Å²) in [5.41, 5.74) is 3.31. The first-order valence-electron chi connectivity index (χ1n) is 7.47. The number of hydrogen-bond donors (Lipinski definition) is 2. The molecule has 0 bridgehead atoms. The maximum absolute atomic E-state index is 12.4. The fraction of sp³-hybridized carbons (Fsp3) is 0.222. The Balaban J connectivity index is 1.76. The molecule has 1 aliphatic rings. The summed E-state index contributed by atoms with van der Waals surface area (Å²) in [4.78, 5) is 23.7. The van der Waals surface area contributed by atoms with Crippen LogP contribution >= 0.6 is 0 Å². The van der Waals surface area contributed by atoms with Gasteiger partial charge in [0, 0.05) is 5.56 Å². The van der Waals surface area contributed by atoms with Crippen molar-refractivity contribution in [3.63, 3.8) is 0 Å². The van der Waals surface area contributed by atoms with E-state index >= 15 is 0 Å². The zero-order chi connectivity index (χ0) is 16.4. The molecule has 1 heterocycles. The Morgan fingerprint density at radius 2 is 2.04 bits per heavy atom. The monoisotopic (exact) mass is 310 g/mol. The lowest BCUT2D eigenvalue weighted by Crippen LogP contribution is -2.28. The van der Waals surface area contributed by atoms with Crippen LogP contribution in [-0.2, 0) is 4.79 Å². The highest BCUT2D eigenvalue weighted by atomic mass is 16.5. The van der Waals surface area contributed by atoms with Crippen LogP contribution in [0.5, 0.6) is 5.75 Å². The molecule has 1 atom stereocenters. The molecule has 2 N–H and O–H groups in total. The third-order valence-corrected chi connectivity index (χ3v) is 3.88. The highest BCUT2D eigenvalue weighted by Crippen LogP contribution is 2.28. The first kappa shape index (κ1) is 15.1. The van der Waals surface area contributed by atoms with Crippen LogP contribution in [0.2, 0.25) is 0 Å². The molecule has 0 aromatic heterocycles. The van der Waals surface area contributed by atoms with Crippen LogP contribution in [0.4, 0.5) is 5.69 Å². The summed E-state index contributed by atoms with van der Waals surface area (Å²) in [5, 5.41) is 5.69. The fourth-order valence-electron chi connectivity index (χ4n) is 2.65. The highest BCUT2D eigenvalue weighted by Gasteiger charge is 2.19. The Bertz CT molecular complexity index is 771. The lowest BCUT2D eigenvalue weighted by molar-refractivity contribution is -0.118. The van der Waals surface area contributed by atoms with Crippen molar-refractivity contribution in [1.29, 1.82) is 0 Å². The van der Waals surface area contributed by atoms with E-state index < -0.39 is 0 Å². The van der Waals surface area contributed by atoms with Crippen LogP contribution in [-0.4, -0.2) is 18.4 Å². The van der Waals surface area contributed by atoms with Gasteiger partial charge in [0.25, 0.3) is 11.8 Å². The summed E-state index contributed by atoms with van der Waals surface area (Å²) < 4.78 is 5.34. The zero-order valence-corrected chi connectivity index (χ0v) is 13.1. The molecular weight excluding hydrogens is 292 g/mol. The van der Waals surface area contributed by atoms with E-state index in [0.29, 0.717) is 17.0 Å². The molecule has 0 fully saturated rings. The number of nitrogens with one attached hydrogen (secondary N) is 2. The summed E-state index contributed by atoms with van der Waals surface area (Å²) in [6.07, 6.45) is 0. The SMILES string of the molecule is Cc1ccccc1C(C)NC(=O)c1ccc2c(c1)OCC(=O)N2. The first-order valence-corrected chi connectivity index (χ1v) is 7.47. The average molecular weight is 310 g/mol. The summed E-state index contributed by atoms with van der Waals surface area (Å²) in [5.74, 6) is 0.146. The molecule has 2 aromatic carbocycles. The van der Waals surface area contributed by atoms with Crippen LogP contribution in [0.3, 0.4) is 0 Å². The Morgan fingerprint density at radius 3 is 2.83 bits per heavy atom. The topological polar surface area (TPSA) is 67.4 Å². The second-order valence-corrected chi connectivity index (χ2v) is 5.60. The molecule has 0 spiro atoms. The molecule has 1 aliphatic heterocycles. The molecule has 2 aromatic rings. The van der Waals surface area contributed by atoms with E-state index in [1.807, 2.05) is 38.1 Å². The number of carbonyl (C=O) groups excluding carboxylic acids is 2. The molecule has 0 aliphatic carbocycles. The van der Waals surface area contributed by atoms with Gasteiger partial charge in [-0.25, -0.2) is 0 Å². The lowest BCUT2D eigenvalue weighted by Gasteiger charge is -2.20. The minimum Gasteiger partial charge on any atom is -0.482 e. The Hall–Kier alpha value is -2.82. The third-order valence-electron chi connectivity index (χ3n) is 3.88. The second kappa shape index (κ2) is 6.12. The number of hydrogen-bond acceptors (Lipinski definition) is 3. The smallest absolute Gasteiger partial charge is 0.262 e. The van der Waals surface area contributed by atoms with E-state index in [9.17, 15) is 9.59 Å². The van der Waals surface area contributed by atoms with E-state index in [4.69, 9.17) is 4.74 Å². The second-order valence-electron chi connectivity index (χ2n) is 5.60. The predicted molar refractivity (Wildman–Crippen MR) is 87.6 cm³/mol. The third kappa shape index (κ3) is 3.18. The molecule has 5 nitrogen and oxygen atoms in total. The number of benzene rings is 2. The Labute approximate surface area is 134 Å². The molecule has 2 amide bonds. The van der Waals surface area contributed by atoms with Crippen molar-refractivity contribution < 1.29 is 14.3 Å². The normalized spacial score (nSPS) is 14.3. The largest absolute Gasteiger partial charge is 0.482 e. The van der Waals surface area contributed by atoms with Gasteiger partial charge in [-0.3, -0.25) is 9.59 Å². The van der Waals surface area contributed by atoms with Crippen molar-refractivity contribution in [3.8, 4) is 5.75 Å². The van der Waals surface area contributed by atoms with Gasteiger partial charge >= 0.3 is 0 Å². The van der Waals surface area contributed by atoms with Gasteiger partial charge in [0.2, 0.25) is 0 Å². The quantitative estimate of drug-likeness (QED) is 0.916. The van der Waals surface area contributed by atoms with Crippen LogP contribution in [0.15, 0.2) is 42.5 Å². The minimum atomic E-state index is -0.192. The molecule has 0 saturated heterocycles. The average Bonchev–Trinajstić information content (AvgIpc) is 2.54. The van der Waals surface area contributed by atoms with E-state index in [-0.39, 0.29) is 24.5 Å². The van der Waals surface area contributed by atoms with Crippen LogP contribution in [0.1, 0.15) is 34.5 Å². The molecular formula is C18H18N2O3. The summed E-state index contributed by atoms with van der Waals surface area (Å²) in [6.45, 7) is 3.94. The molecule has 3 rings (SSSR count). The van der Waals surface area contributed by atoms with E-state index in [0.717, 1.165) is 11.1 Å². The van der Waals surface area contributed by atoms with E-state index in [1.54, 1.807) is 18.2 Å². The minimum absolute atomic E-state index is 0.0301. The van der Waals surface area contributed by atoms with E-state index in [2.05, 4.69) is 10.6 Å². The highest BCUT2D eigenvalue weighted by molar-refractivity contribution is 5.99. The van der Waals surface area contributed by atoms with Crippen LogP contribution in [0.25, 0.3) is 0 Å². The van der Waals surface area contributed by atoms with Crippen molar-refractivity contribution in [2.45, 2.75) is 19.9 Å². The molecule has 0 saturated carbocycles. The number of rotatable bonds is 3. The van der Waals surface area contributed by atoms with Gasteiger partial charge in [0.15, 0.2) is 6.61 Å². The van der Waals surface area contributed by atoms with Gasteiger partial charge in [-0.15, -0.1) is 0 Å². The van der Waals surface area contributed by atoms with Gasteiger partial charge < -0.3 is 15.4 Å². The summed E-state index contributed by atoms with van der Waals surface area (Å²) in [7, 11) is 0. The summed E-state index contributed by atoms with van der Waals surface area (Å²) >= 11 is 0. The van der Waals surface area contributed by atoms with Crippen molar-refractivity contribution in [1.82, 2.24) is 5.32 Å².